The minimum atomic E-state index is -0.209. The highest BCUT2D eigenvalue weighted by Gasteiger charge is 2.12. The lowest BCUT2D eigenvalue weighted by Gasteiger charge is -2.17. The van der Waals surface area contributed by atoms with Crippen molar-refractivity contribution in [1.29, 1.82) is 0 Å². The lowest BCUT2D eigenvalue weighted by molar-refractivity contribution is 0.605. The summed E-state index contributed by atoms with van der Waals surface area (Å²) in [5.74, 6) is 1.72. The molecule has 0 bridgehead atoms. The first-order valence-corrected chi connectivity index (χ1v) is 5.23. The van der Waals surface area contributed by atoms with Crippen molar-refractivity contribution < 1.29 is 0 Å². The van der Waals surface area contributed by atoms with Crippen molar-refractivity contribution in [3.63, 3.8) is 0 Å². The maximum atomic E-state index is 11.6. The maximum Gasteiger partial charge on any atom is 0.330 e. The highest BCUT2D eigenvalue weighted by molar-refractivity contribution is 7.98. The summed E-state index contributed by atoms with van der Waals surface area (Å²) >= 11 is 1.75. The number of rotatable bonds is 0. The summed E-state index contributed by atoms with van der Waals surface area (Å²) < 4.78 is 2.83. The monoisotopic (exact) mass is 198 g/mol. The van der Waals surface area contributed by atoms with E-state index in [0.717, 1.165) is 21.8 Å². The summed E-state index contributed by atoms with van der Waals surface area (Å²) in [4.78, 5) is 22.8. The molecule has 1 aliphatic heterocycles. The molecule has 13 heavy (non-hydrogen) atoms. The Hall–Kier alpha value is -0.970. The van der Waals surface area contributed by atoms with Gasteiger partial charge in [-0.2, -0.15) is 11.8 Å². The number of nitrogens with zero attached hydrogens (tertiary/aromatic N) is 2. The predicted molar refractivity (Wildman–Crippen MR) is 52.1 cm³/mol. The highest BCUT2D eigenvalue weighted by Crippen LogP contribution is 2.15. The molecule has 0 spiro atoms. The van der Waals surface area contributed by atoms with E-state index in [9.17, 15) is 9.59 Å². The third-order valence-corrected chi connectivity index (χ3v) is 3.17. The molecule has 1 aliphatic rings. The molecule has 0 radical (unpaired) electrons. The lowest BCUT2D eigenvalue weighted by atomic mass is 10.4. The van der Waals surface area contributed by atoms with Gasteiger partial charge in [0.25, 0.3) is 5.56 Å². The van der Waals surface area contributed by atoms with Crippen LogP contribution < -0.4 is 11.2 Å². The maximum absolute atomic E-state index is 11.6. The molecule has 0 aromatic carbocycles. The summed E-state index contributed by atoms with van der Waals surface area (Å²) in [6.07, 6.45) is 0. The van der Waals surface area contributed by atoms with Crippen molar-refractivity contribution in [2.45, 2.75) is 12.3 Å². The van der Waals surface area contributed by atoms with Crippen LogP contribution in [0.2, 0.25) is 0 Å². The molecule has 4 nitrogen and oxygen atoms in total. The molecule has 0 fully saturated rings. The Labute approximate surface area is 79.2 Å². The normalized spacial score (nSPS) is 15.5. The average molecular weight is 198 g/mol. The van der Waals surface area contributed by atoms with Crippen LogP contribution in [0.4, 0.5) is 0 Å². The van der Waals surface area contributed by atoms with Gasteiger partial charge in [-0.25, -0.2) is 4.79 Å². The van der Waals surface area contributed by atoms with Crippen molar-refractivity contribution in [3.8, 4) is 0 Å². The molecule has 70 valence electrons. The van der Waals surface area contributed by atoms with Crippen molar-refractivity contribution in [2.75, 3.05) is 5.75 Å². The summed E-state index contributed by atoms with van der Waals surface area (Å²) in [6.45, 7) is 0.715. The molecule has 0 N–H and O–H groups in total. The Balaban J connectivity index is 2.75. The zero-order valence-corrected chi connectivity index (χ0v) is 8.13. The Morgan fingerprint density at radius 3 is 3.00 bits per heavy atom. The predicted octanol–water partition coefficient (Wildman–Crippen LogP) is -0.206. The van der Waals surface area contributed by atoms with Crippen LogP contribution in [0.15, 0.2) is 15.7 Å². The van der Waals surface area contributed by atoms with Gasteiger partial charge in [0.05, 0.1) is 0 Å². The van der Waals surface area contributed by atoms with Crippen molar-refractivity contribution in [1.82, 2.24) is 9.13 Å². The minimum Gasteiger partial charge on any atom is -0.296 e. The van der Waals surface area contributed by atoms with E-state index in [4.69, 9.17) is 0 Å². The molecular formula is C8H10N2O2S. The van der Waals surface area contributed by atoms with Crippen LogP contribution in [0.25, 0.3) is 0 Å². The average Bonchev–Trinajstić information content (AvgIpc) is 2.15. The second kappa shape index (κ2) is 3.06. The van der Waals surface area contributed by atoms with Gasteiger partial charge in [-0.3, -0.25) is 13.9 Å². The third kappa shape index (κ3) is 1.33. The summed E-state index contributed by atoms with van der Waals surface area (Å²) in [5, 5.41) is 0. The van der Waals surface area contributed by atoms with Crippen LogP contribution in [0.5, 0.6) is 0 Å². The molecule has 1 aromatic rings. The van der Waals surface area contributed by atoms with E-state index in [-0.39, 0.29) is 11.2 Å². The minimum absolute atomic E-state index is 0.192. The SMILES string of the molecule is Cn1c(=O)cc2n(c1=O)CCSC2. The molecule has 2 rings (SSSR count). The Kier molecular flexibility index (Phi) is 2.03. The van der Waals surface area contributed by atoms with Gasteiger partial charge in [-0.1, -0.05) is 0 Å². The van der Waals surface area contributed by atoms with E-state index in [1.54, 1.807) is 22.4 Å². The van der Waals surface area contributed by atoms with E-state index in [1.807, 2.05) is 0 Å². The topological polar surface area (TPSA) is 44.0 Å². The molecule has 0 aliphatic carbocycles. The van der Waals surface area contributed by atoms with Gasteiger partial charge in [0.2, 0.25) is 0 Å². The number of thioether (sulfide) groups is 1. The van der Waals surface area contributed by atoms with E-state index in [1.165, 1.54) is 7.05 Å². The van der Waals surface area contributed by atoms with Crippen molar-refractivity contribution in [2.24, 2.45) is 7.05 Å². The first-order chi connectivity index (χ1) is 6.20. The van der Waals surface area contributed by atoms with E-state index in [2.05, 4.69) is 0 Å². The summed E-state index contributed by atoms with van der Waals surface area (Å²) in [7, 11) is 1.51. The largest absolute Gasteiger partial charge is 0.330 e. The quantitative estimate of drug-likeness (QED) is 0.579. The molecule has 2 heterocycles. The number of hydrogen-bond acceptors (Lipinski definition) is 3. The molecule has 0 saturated heterocycles. The lowest BCUT2D eigenvalue weighted by Crippen LogP contribution is -2.40. The number of fused-ring (bicyclic) bond motifs is 1. The smallest absolute Gasteiger partial charge is 0.296 e. The zero-order chi connectivity index (χ0) is 9.42. The molecule has 5 heteroatoms. The Bertz CT molecular complexity index is 446. The van der Waals surface area contributed by atoms with Gasteiger partial charge in [0.15, 0.2) is 0 Å². The molecule has 1 aromatic heterocycles. The van der Waals surface area contributed by atoms with Gasteiger partial charge in [0, 0.05) is 36.9 Å². The standard InChI is InChI=1S/C8H10N2O2S/c1-9-7(11)4-6-5-13-3-2-10(6)8(9)12/h4H,2-3,5H2,1H3. The number of aromatic nitrogens is 2. The molecule has 0 atom stereocenters. The van der Waals surface area contributed by atoms with Crippen LogP contribution >= 0.6 is 11.8 Å². The summed E-state index contributed by atoms with van der Waals surface area (Å²) in [6, 6.07) is 1.55. The van der Waals surface area contributed by atoms with Gasteiger partial charge in [-0.05, 0) is 0 Å². The van der Waals surface area contributed by atoms with E-state index in [0.29, 0.717) is 6.54 Å². The molecular weight excluding hydrogens is 188 g/mol. The molecule has 0 amide bonds. The van der Waals surface area contributed by atoms with Crippen LogP contribution in [-0.4, -0.2) is 14.9 Å². The van der Waals surface area contributed by atoms with Crippen LogP contribution in [0.1, 0.15) is 5.69 Å². The van der Waals surface area contributed by atoms with E-state index < -0.39 is 0 Å². The Morgan fingerprint density at radius 2 is 2.23 bits per heavy atom. The zero-order valence-electron chi connectivity index (χ0n) is 7.32. The van der Waals surface area contributed by atoms with Gasteiger partial charge in [0.1, 0.15) is 0 Å². The van der Waals surface area contributed by atoms with Gasteiger partial charge in [-0.15, -0.1) is 0 Å². The first kappa shape index (κ1) is 8.62. The van der Waals surface area contributed by atoms with Gasteiger partial charge < -0.3 is 0 Å². The fourth-order valence-corrected chi connectivity index (χ4v) is 2.31. The van der Waals surface area contributed by atoms with Crippen molar-refractivity contribution in [3.05, 3.63) is 32.6 Å². The summed E-state index contributed by atoms with van der Waals surface area (Å²) in [5.41, 5.74) is 0.450. The van der Waals surface area contributed by atoms with Crippen molar-refractivity contribution >= 4 is 11.8 Å². The fourth-order valence-electron chi connectivity index (χ4n) is 1.41. The second-order valence-electron chi connectivity index (χ2n) is 3.02. The van der Waals surface area contributed by atoms with Gasteiger partial charge >= 0.3 is 5.69 Å². The van der Waals surface area contributed by atoms with Crippen LogP contribution in [-0.2, 0) is 19.3 Å². The highest BCUT2D eigenvalue weighted by atomic mass is 32.2. The third-order valence-electron chi connectivity index (χ3n) is 2.19. The molecule has 0 saturated carbocycles. The van der Waals surface area contributed by atoms with E-state index >= 15 is 0 Å². The Morgan fingerprint density at radius 1 is 1.46 bits per heavy atom. The molecule has 0 unspecified atom stereocenters. The van der Waals surface area contributed by atoms with Crippen LogP contribution in [0.3, 0.4) is 0 Å². The number of hydrogen-bond donors (Lipinski definition) is 0. The van der Waals surface area contributed by atoms with Crippen LogP contribution in [0, 0.1) is 0 Å². The fraction of sp³-hybridized carbons (Fsp3) is 0.500. The first-order valence-electron chi connectivity index (χ1n) is 4.07. The second-order valence-corrected chi connectivity index (χ2v) is 4.12.